The molecule has 0 atom stereocenters. The van der Waals surface area contributed by atoms with E-state index < -0.39 is 17.5 Å². The molecule has 0 heterocycles. The van der Waals surface area contributed by atoms with E-state index in [4.69, 9.17) is 11.6 Å². The van der Waals surface area contributed by atoms with Crippen LogP contribution in [-0.2, 0) is 0 Å². The SMILES string of the molecule is O=C(Nc1ccc(F)cc1F)c1ccc(Br)c(Cl)c1. The lowest BCUT2D eigenvalue weighted by Crippen LogP contribution is -2.13. The first-order valence-electron chi connectivity index (χ1n) is 5.19. The van der Waals surface area contributed by atoms with E-state index in [2.05, 4.69) is 21.2 Å². The molecule has 2 aromatic carbocycles. The average Bonchev–Trinajstić information content (AvgIpc) is 2.36. The van der Waals surface area contributed by atoms with Crippen LogP contribution >= 0.6 is 27.5 Å². The summed E-state index contributed by atoms with van der Waals surface area (Å²) in [6, 6.07) is 7.51. The molecule has 0 radical (unpaired) electrons. The van der Waals surface area contributed by atoms with Crippen molar-refractivity contribution in [1.29, 1.82) is 0 Å². The van der Waals surface area contributed by atoms with Crippen LogP contribution < -0.4 is 5.32 Å². The first kappa shape index (κ1) is 14.0. The van der Waals surface area contributed by atoms with E-state index in [0.29, 0.717) is 15.6 Å². The van der Waals surface area contributed by atoms with E-state index in [1.807, 2.05) is 0 Å². The fourth-order valence-corrected chi connectivity index (χ4v) is 1.85. The number of amides is 1. The van der Waals surface area contributed by atoms with Crippen LogP contribution in [0.2, 0.25) is 5.02 Å². The molecular formula is C13H7BrClF2NO. The summed E-state index contributed by atoms with van der Waals surface area (Å²) < 4.78 is 26.8. The van der Waals surface area contributed by atoms with Crippen molar-refractivity contribution in [2.75, 3.05) is 5.32 Å². The van der Waals surface area contributed by atoms with E-state index in [0.717, 1.165) is 12.1 Å². The number of nitrogens with one attached hydrogen (secondary N) is 1. The molecular weight excluding hydrogens is 340 g/mol. The number of halogens is 4. The summed E-state index contributed by atoms with van der Waals surface area (Å²) in [6.07, 6.45) is 0. The molecule has 0 saturated heterocycles. The van der Waals surface area contributed by atoms with Gasteiger partial charge in [0.05, 0.1) is 10.7 Å². The molecule has 0 aliphatic heterocycles. The Morgan fingerprint density at radius 1 is 1.16 bits per heavy atom. The summed E-state index contributed by atoms with van der Waals surface area (Å²) in [5.74, 6) is -2.07. The number of rotatable bonds is 2. The minimum absolute atomic E-state index is 0.0922. The molecule has 0 fully saturated rings. The highest BCUT2D eigenvalue weighted by Crippen LogP contribution is 2.24. The van der Waals surface area contributed by atoms with Gasteiger partial charge in [0.2, 0.25) is 0 Å². The Labute approximate surface area is 121 Å². The Bertz CT molecular complexity index is 649. The van der Waals surface area contributed by atoms with Crippen LogP contribution in [0, 0.1) is 11.6 Å². The minimum Gasteiger partial charge on any atom is -0.319 e. The zero-order valence-corrected chi connectivity index (χ0v) is 11.7. The molecule has 0 saturated carbocycles. The van der Waals surface area contributed by atoms with Crippen molar-refractivity contribution in [2.45, 2.75) is 0 Å². The summed E-state index contributed by atoms with van der Waals surface area (Å²) in [4.78, 5) is 11.9. The van der Waals surface area contributed by atoms with E-state index in [-0.39, 0.29) is 11.3 Å². The van der Waals surface area contributed by atoms with Crippen LogP contribution in [0.4, 0.5) is 14.5 Å². The normalized spacial score (nSPS) is 10.3. The number of carbonyl (C=O) groups is 1. The average molecular weight is 347 g/mol. The largest absolute Gasteiger partial charge is 0.319 e. The van der Waals surface area contributed by atoms with Crippen LogP contribution in [0.15, 0.2) is 40.9 Å². The lowest BCUT2D eigenvalue weighted by atomic mass is 10.2. The molecule has 2 nitrogen and oxygen atoms in total. The molecule has 1 amide bonds. The molecule has 0 aliphatic carbocycles. The molecule has 98 valence electrons. The highest BCUT2D eigenvalue weighted by Gasteiger charge is 2.11. The molecule has 0 unspecified atom stereocenters. The lowest BCUT2D eigenvalue weighted by Gasteiger charge is -2.07. The quantitative estimate of drug-likeness (QED) is 0.844. The fraction of sp³-hybridized carbons (Fsp3) is 0. The van der Waals surface area contributed by atoms with E-state index in [9.17, 15) is 13.6 Å². The Kier molecular flexibility index (Phi) is 4.17. The summed E-state index contributed by atoms with van der Waals surface area (Å²) >= 11 is 9.06. The van der Waals surface area contributed by atoms with E-state index in [1.165, 1.54) is 12.1 Å². The van der Waals surface area contributed by atoms with Crippen molar-refractivity contribution in [1.82, 2.24) is 0 Å². The highest BCUT2D eigenvalue weighted by molar-refractivity contribution is 9.10. The first-order valence-corrected chi connectivity index (χ1v) is 6.36. The molecule has 2 aromatic rings. The highest BCUT2D eigenvalue weighted by atomic mass is 79.9. The van der Waals surface area contributed by atoms with E-state index in [1.54, 1.807) is 6.07 Å². The van der Waals surface area contributed by atoms with Gasteiger partial charge in [-0.1, -0.05) is 11.6 Å². The van der Waals surface area contributed by atoms with Crippen molar-refractivity contribution >= 4 is 39.1 Å². The number of hydrogen-bond acceptors (Lipinski definition) is 1. The molecule has 19 heavy (non-hydrogen) atoms. The molecule has 2 rings (SSSR count). The van der Waals surface area contributed by atoms with Crippen molar-refractivity contribution in [2.24, 2.45) is 0 Å². The number of hydrogen-bond donors (Lipinski definition) is 1. The van der Waals surface area contributed by atoms with Gasteiger partial charge in [0.1, 0.15) is 11.6 Å². The molecule has 0 spiro atoms. The van der Waals surface area contributed by atoms with Gasteiger partial charge in [0, 0.05) is 16.1 Å². The Balaban J connectivity index is 2.23. The third-order valence-electron chi connectivity index (χ3n) is 2.36. The second-order valence-corrected chi connectivity index (χ2v) is 4.97. The predicted molar refractivity (Wildman–Crippen MR) is 73.5 cm³/mol. The second kappa shape index (κ2) is 5.67. The van der Waals surface area contributed by atoms with Crippen LogP contribution in [0.5, 0.6) is 0 Å². The maximum atomic E-state index is 13.4. The molecule has 0 aliphatic rings. The van der Waals surface area contributed by atoms with Crippen LogP contribution in [0.1, 0.15) is 10.4 Å². The zero-order chi connectivity index (χ0) is 14.0. The number of carbonyl (C=O) groups excluding carboxylic acids is 1. The van der Waals surface area contributed by atoms with Gasteiger partial charge in [-0.15, -0.1) is 0 Å². The maximum absolute atomic E-state index is 13.4. The van der Waals surface area contributed by atoms with Crippen LogP contribution in [0.25, 0.3) is 0 Å². The van der Waals surface area contributed by atoms with Crippen molar-refractivity contribution < 1.29 is 13.6 Å². The second-order valence-electron chi connectivity index (χ2n) is 3.71. The number of benzene rings is 2. The Hall–Kier alpha value is -1.46. The first-order chi connectivity index (χ1) is 8.97. The van der Waals surface area contributed by atoms with Gasteiger partial charge in [-0.2, -0.15) is 0 Å². The zero-order valence-electron chi connectivity index (χ0n) is 9.38. The maximum Gasteiger partial charge on any atom is 0.255 e. The lowest BCUT2D eigenvalue weighted by molar-refractivity contribution is 0.102. The van der Waals surface area contributed by atoms with Gasteiger partial charge >= 0.3 is 0 Å². The van der Waals surface area contributed by atoms with Gasteiger partial charge < -0.3 is 5.32 Å². The topological polar surface area (TPSA) is 29.1 Å². The number of anilines is 1. The molecule has 1 N–H and O–H groups in total. The van der Waals surface area contributed by atoms with Gasteiger partial charge in [-0.3, -0.25) is 4.79 Å². The standard InChI is InChI=1S/C13H7BrClF2NO/c14-9-3-1-7(5-10(9)15)13(19)18-12-4-2-8(16)6-11(12)17/h1-6H,(H,18,19). The van der Waals surface area contributed by atoms with Gasteiger partial charge in [0.15, 0.2) is 0 Å². The molecule has 0 bridgehead atoms. The summed E-state index contributed by atoms with van der Waals surface area (Å²) in [5.41, 5.74) is 0.183. The van der Waals surface area contributed by atoms with Crippen molar-refractivity contribution in [3.8, 4) is 0 Å². The van der Waals surface area contributed by atoms with E-state index >= 15 is 0 Å². The van der Waals surface area contributed by atoms with Crippen LogP contribution in [0.3, 0.4) is 0 Å². The van der Waals surface area contributed by atoms with Crippen molar-refractivity contribution in [3.05, 3.63) is 63.1 Å². The van der Waals surface area contributed by atoms with Gasteiger partial charge in [-0.05, 0) is 46.3 Å². The fourth-order valence-electron chi connectivity index (χ4n) is 1.42. The summed E-state index contributed by atoms with van der Waals surface area (Å²) in [7, 11) is 0. The monoisotopic (exact) mass is 345 g/mol. The van der Waals surface area contributed by atoms with Gasteiger partial charge in [0.25, 0.3) is 5.91 Å². The Morgan fingerprint density at radius 3 is 2.53 bits per heavy atom. The molecule has 6 heteroatoms. The summed E-state index contributed by atoms with van der Waals surface area (Å²) in [6.45, 7) is 0. The summed E-state index contributed by atoms with van der Waals surface area (Å²) in [5, 5.41) is 2.71. The van der Waals surface area contributed by atoms with Crippen molar-refractivity contribution in [3.63, 3.8) is 0 Å². The van der Waals surface area contributed by atoms with Crippen LogP contribution in [-0.4, -0.2) is 5.91 Å². The molecule has 0 aromatic heterocycles. The predicted octanol–water partition coefficient (Wildman–Crippen LogP) is 4.63. The third-order valence-corrected chi connectivity index (χ3v) is 3.59. The Morgan fingerprint density at radius 2 is 1.89 bits per heavy atom. The smallest absolute Gasteiger partial charge is 0.255 e. The minimum atomic E-state index is -0.837. The van der Waals surface area contributed by atoms with Gasteiger partial charge in [-0.25, -0.2) is 8.78 Å². The third kappa shape index (κ3) is 3.30.